The molecule has 0 saturated carbocycles. The number of nitrogens with one attached hydrogen (secondary N) is 1. The Morgan fingerprint density at radius 3 is 2.89 bits per heavy atom. The van der Waals surface area contributed by atoms with Crippen LogP contribution in [0.4, 0.5) is 0 Å². The summed E-state index contributed by atoms with van der Waals surface area (Å²) in [4.78, 5) is 0. The number of aromatic nitrogens is 2. The van der Waals surface area contributed by atoms with E-state index in [9.17, 15) is 0 Å². The van der Waals surface area contributed by atoms with Gasteiger partial charge >= 0.3 is 0 Å². The minimum Gasteiger partial charge on any atom is -0.488 e. The number of nitrogens with zero attached hydrogens (tertiary/aromatic N) is 2. The molecule has 5 heteroatoms. The van der Waals surface area contributed by atoms with E-state index in [4.69, 9.17) is 4.74 Å². The molecular formula is C14H18BrN3O. The highest BCUT2D eigenvalue weighted by atomic mass is 79.9. The van der Waals surface area contributed by atoms with Gasteiger partial charge in [-0.05, 0) is 26.1 Å². The largest absolute Gasteiger partial charge is 0.488 e. The summed E-state index contributed by atoms with van der Waals surface area (Å²) in [6, 6.07) is 6.35. The number of ether oxygens (including phenoxy) is 1. The van der Waals surface area contributed by atoms with E-state index in [0.717, 1.165) is 21.3 Å². The molecule has 0 aliphatic heterocycles. The maximum atomic E-state index is 5.92. The van der Waals surface area contributed by atoms with Gasteiger partial charge in [0.1, 0.15) is 12.4 Å². The average molecular weight is 324 g/mol. The lowest BCUT2D eigenvalue weighted by atomic mass is 10.1. The molecule has 2 rings (SSSR count). The minimum absolute atomic E-state index is 0.247. The number of benzene rings is 1. The van der Waals surface area contributed by atoms with Crippen molar-refractivity contribution in [2.75, 3.05) is 7.05 Å². The Morgan fingerprint density at radius 2 is 2.26 bits per heavy atom. The van der Waals surface area contributed by atoms with Gasteiger partial charge in [-0.2, -0.15) is 5.10 Å². The Balaban J connectivity index is 2.16. The molecule has 1 aromatic heterocycles. The first-order chi connectivity index (χ1) is 9.10. The number of hydrogen-bond acceptors (Lipinski definition) is 3. The molecule has 0 spiro atoms. The lowest BCUT2D eigenvalue weighted by Crippen LogP contribution is -2.13. The molecular weight excluding hydrogens is 306 g/mol. The third-order valence-electron chi connectivity index (χ3n) is 3.03. The molecule has 1 N–H and O–H groups in total. The van der Waals surface area contributed by atoms with E-state index in [0.29, 0.717) is 6.61 Å². The summed E-state index contributed by atoms with van der Waals surface area (Å²) in [5.41, 5.74) is 2.21. The zero-order valence-electron chi connectivity index (χ0n) is 11.4. The van der Waals surface area contributed by atoms with Gasteiger partial charge in [-0.3, -0.25) is 4.68 Å². The molecule has 1 aromatic carbocycles. The Bertz CT molecular complexity index is 553. The standard InChI is InChI=1S/C14H18BrN3O/c1-10(16-2)13-5-4-12(15)6-14(13)19-9-11-7-17-18(3)8-11/h4-8,10,16H,9H2,1-3H3. The number of aryl methyl sites for hydroxylation is 1. The molecule has 0 radical (unpaired) electrons. The second kappa shape index (κ2) is 6.21. The van der Waals surface area contributed by atoms with Gasteiger partial charge in [-0.1, -0.05) is 22.0 Å². The SMILES string of the molecule is CNC(C)c1ccc(Br)cc1OCc1cnn(C)c1. The van der Waals surface area contributed by atoms with Gasteiger partial charge in [0.15, 0.2) is 0 Å². The molecule has 1 heterocycles. The van der Waals surface area contributed by atoms with E-state index in [1.165, 1.54) is 0 Å². The normalized spacial score (nSPS) is 12.4. The number of hydrogen-bond donors (Lipinski definition) is 1. The summed E-state index contributed by atoms with van der Waals surface area (Å²) in [7, 11) is 3.84. The molecule has 0 aliphatic carbocycles. The average Bonchev–Trinajstić information content (AvgIpc) is 2.81. The molecule has 2 aromatic rings. The maximum Gasteiger partial charge on any atom is 0.125 e. The second-order valence-corrected chi connectivity index (χ2v) is 5.42. The second-order valence-electron chi connectivity index (χ2n) is 4.50. The molecule has 19 heavy (non-hydrogen) atoms. The molecule has 1 atom stereocenters. The van der Waals surface area contributed by atoms with E-state index in [1.54, 1.807) is 4.68 Å². The fourth-order valence-electron chi connectivity index (χ4n) is 1.85. The van der Waals surface area contributed by atoms with Crippen molar-refractivity contribution in [1.29, 1.82) is 0 Å². The predicted molar refractivity (Wildman–Crippen MR) is 79.2 cm³/mol. The smallest absolute Gasteiger partial charge is 0.125 e. The topological polar surface area (TPSA) is 39.1 Å². The monoisotopic (exact) mass is 323 g/mol. The van der Waals surface area contributed by atoms with Crippen molar-refractivity contribution in [3.05, 3.63) is 46.2 Å². The van der Waals surface area contributed by atoms with E-state index in [2.05, 4.69) is 39.3 Å². The quantitative estimate of drug-likeness (QED) is 0.919. The van der Waals surface area contributed by atoms with Crippen LogP contribution in [0, 0.1) is 0 Å². The summed E-state index contributed by atoms with van der Waals surface area (Å²) in [6.45, 7) is 2.63. The highest BCUT2D eigenvalue weighted by molar-refractivity contribution is 9.10. The van der Waals surface area contributed by atoms with Gasteiger partial charge in [-0.15, -0.1) is 0 Å². The molecule has 102 valence electrons. The van der Waals surface area contributed by atoms with Crippen LogP contribution >= 0.6 is 15.9 Å². The van der Waals surface area contributed by atoms with Crippen molar-refractivity contribution in [3.63, 3.8) is 0 Å². The molecule has 0 amide bonds. The number of halogens is 1. The van der Waals surface area contributed by atoms with E-state index >= 15 is 0 Å². The van der Waals surface area contributed by atoms with E-state index in [-0.39, 0.29) is 6.04 Å². The highest BCUT2D eigenvalue weighted by Crippen LogP contribution is 2.29. The van der Waals surface area contributed by atoms with Crippen molar-refractivity contribution in [1.82, 2.24) is 15.1 Å². The number of rotatable bonds is 5. The lowest BCUT2D eigenvalue weighted by molar-refractivity contribution is 0.300. The van der Waals surface area contributed by atoms with Gasteiger partial charge in [-0.25, -0.2) is 0 Å². The van der Waals surface area contributed by atoms with Crippen molar-refractivity contribution in [2.24, 2.45) is 7.05 Å². The van der Waals surface area contributed by atoms with Crippen molar-refractivity contribution >= 4 is 15.9 Å². The van der Waals surface area contributed by atoms with Gasteiger partial charge in [0.2, 0.25) is 0 Å². The summed E-state index contributed by atoms with van der Waals surface area (Å²) < 4.78 is 8.71. The predicted octanol–water partition coefficient (Wildman–Crippen LogP) is 3.04. The van der Waals surface area contributed by atoms with Crippen LogP contribution in [0.25, 0.3) is 0 Å². The van der Waals surface area contributed by atoms with Crippen LogP contribution in [-0.2, 0) is 13.7 Å². The maximum absolute atomic E-state index is 5.92. The van der Waals surface area contributed by atoms with Crippen LogP contribution < -0.4 is 10.1 Å². The summed E-state index contributed by atoms with van der Waals surface area (Å²) in [5, 5.41) is 7.37. The molecule has 1 unspecified atom stereocenters. The fourth-order valence-corrected chi connectivity index (χ4v) is 2.19. The first kappa shape index (κ1) is 14.1. The van der Waals surface area contributed by atoms with E-state index in [1.807, 2.05) is 38.6 Å². The Kier molecular flexibility index (Phi) is 4.61. The van der Waals surface area contributed by atoms with Crippen LogP contribution in [0.1, 0.15) is 24.1 Å². The van der Waals surface area contributed by atoms with E-state index < -0.39 is 0 Å². The first-order valence-electron chi connectivity index (χ1n) is 6.17. The van der Waals surface area contributed by atoms with Crippen LogP contribution in [0.3, 0.4) is 0 Å². The van der Waals surface area contributed by atoms with Gasteiger partial charge in [0.25, 0.3) is 0 Å². The molecule has 0 bridgehead atoms. The van der Waals surface area contributed by atoms with Crippen molar-refractivity contribution in [2.45, 2.75) is 19.6 Å². The molecule has 4 nitrogen and oxygen atoms in total. The molecule has 0 fully saturated rings. The van der Waals surface area contributed by atoms with Crippen molar-refractivity contribution < 1.29 is 4.74 Å². The Hall–Kier alpha value is -1.33. The Morgan fingerprint density at radius 1 is 1.47 bits per heavy atom. The highest BCUT2D eigenvalue weighted by Gasteiger charge is 2.11. The van der Waals surface area contributed by atoms with Gasteiger partial charge < -0.3 is 10.1 Å². The fraction of sp³-hybridized carbons (Fsp3) is 0.357. The summed E-state index contributed by atoms with van der Waals surface area (Å²) in [6.07, 6.45) is 3.78. The van der Waals surface area contributed by atoms with Crippen LogP contribution in [0.15, 0.2) is 35.1 Å². The van der Waals surface area contributed by atoms with Gasteiger partial charge in [0, 0.05) is 34.9 Å². The van der Waals surface area contributed by atoms with Crippen LogP contribution in [0.2, 0.25) is 0 Å². The van der Waals surface area contributed by atoms with Crippen molar-refractivity contribution in [3.8, 4) is 5.75 Å². The van der Waals surface area contributed by atoms with Gasteiger partial charge in [0.05, 0.1) is 6.20 Å². The lowest BCUT2D eigenvalue weighted by Gasteiger charge is -2.16. The molecule has 0 saturated heterocycles. The summed E-state index contributed by atoms with van der Waals surface area (Å²) in [5.74, 6) is 0.889. The Labute approximate surface area is 121 Å². The minimum atomic E-state index is 0.247. The zero-order valence-corrected chi connectivity index (χ0v) is 12.9. The third kappa shape index (κ3) is 3.58. The molecule has 0 aliphatic rings. The van der Waals surface area contributed by atoms with Crippen LogP contribution in [0.5, 0.6) is 5.75 Å². The zero-order chi connectivity index (χ0) is 13.8. The third-order valence-corrected chi connectivity index (χ3v) is 3.52. The summed E-state index contributed by atoms with van der Waals surface area (Å²) >= 11 is 3.48. The first-order valence-corrected chi connectivity index (χ1v) is 6.96. The van der Waals surface area contributed by atoms with Crippen LogP contribution in [-0.4, -0.2) is 16.8 Å².